The van der Waals surface area contributed by atoms with Crippen molar-refractivity contribution in [2.45, 2.75) is 32.8 Å². The molecule has 0 bridgehead atoms. The van der Waals surface area contributed by atoms with Gasteiger partial charge >= 0.3 is 0 Å². The van der Waals surface area contributed by atoms with Crippen LogP contribution in [0.3, 0.4) is 0 Å². The van der Waals surface area contributed by atoms with Crippen LogP contribution in [-0.2, 0) is 0 Å². The second kappa shape index (κ2) is 6.39. The number of hydrogen-bond donors (Lipinski definition) is 3. The van der Waals surface area contributed by atoms with Crippen LogP contribution in [0, 0.1) is 0 Å². The van der Waals surface area contributed by atoms with Crippen LogP contribution in [0.15, 0.2) is 6.33 Å². The average Bonchev–Trinajstić information content (AvgIpc) is 2.37. The summed E-state index contributed by atoms with van der Waals surface area (Å²) in [7, 11) is 1.57. The van der Waals surface area contributed by atoms with Crippen LogP contribution >= 0.6 is 0 Å². The molecule has 6 nitrogen and oxygen atoms in total. The van der Waals surface area contributed by atoms with Crippen molar-refractivity contribution in [1.82, 2.24) is 9.97 Å². The fraction of sp³-hybridized carbons (Fsp3) is 0.667. The summed E-state index contributed by atoms with van der Waals surface area (Å²) in [6.45, 7) is 6.85. The summed E-state index contributed by atoms with van der Waals surface area (Å²) in [6.07, 6.45) is 2.12. The summed E-state index contributed by atoms with van der Waals surface area (Å²) in [5, 5.41) is 16.1. The van der Waals surface area contributed by atoms with E-state index in [-0.39, 0.29) is 0 Å². The summed E-state index contributed by atoms with van der Waals surface area (Å²) in [5.74, 6) is 1.79. The molecule has 0 aliphatic carbocycles. The van der Waals surface area contributed by atoms with Crippen LogP contribution in [0.25, 0.3) is 0 Å². The van der Waals surface area contributed by atoms with Crippen molar-refractivity contribution in [3.8, 4) is 5.75 Å². The number of aliphatic hydroxyl groups is 1. The maximum atomic E-state index is 9.96. The zero-order valence-corrected chi connectivity index (χ0v) is 11.4. The lowest BCUT2D eigenvalue weighted by atomic mass is 10.0. The van der Waals surface area contributed by atoms with E-state index in [4.69, 9.17) is 4.74 Å². The molecular weight excluding hydrogens is 232 g/mol. The van der Waals surface area contributed by atoms with Gasteiger partial charge in [0.25, 0.3) is 0 Å². The molecule has 0 aliphatic heterocycles. The topological polar surface area (TPSA) is 79.3 Å². The van der Waals surface area contributed by atoms with Crippen molar-refractivity contribution in [3.05, 3.63) is 6.33 Å². The SMILES string of the molecule is CCNc1ncnc(NCC(C)(O)CC)c1OC. The third kappa shape index (κ3) is 3.73. The number of ether oxygens (including phenoxy) is 1. The quantitative estimate of drug-likeness (QED) is 0.684. The Hall–Kier alpha value is -1.56. The summed E-state index contributed by atoms with van der Waals surface area (Å²) in [6, 6.07) is 0. The molecule has 1 rings (SSSR count). The maximum Gasteiger partial charge on any atom is 0.204 e. The minimum atomic E-state index is -0.770. The molecule has 0 aliphatic rings. The number of aromatic nitrogens is 2. The first-order valence-corrected chi connectivity index (χ1v) is 6.13. The first kappa shape index (κ1) is 14.5. The van der Waals surface area contributed by atoms with Crippen molar-refractivity contribution in [1.29, 1.82) is 0 Å². The molecular formula is C12H22N4O2. The number of rotatable bonds is 7. The normalized spacial score (nSPS) is 13.8. The molecule has 0 saturated carbocycles. The molecule has 0 aromatic carbocycles. The van der Waals surface area contributed by atoms with Gasteiger partial charge in [-0.05, 0) is 20.3 Å². The molecule has 1 unspecified atom stereocenters. The molecule has 0 amide bonds. The Bertz CT molecular complexity index is 382. The fourth-order valence-corrected chi connectivity index (χ4v) is 1.39. The second-order valence-corrected chi connectivity index (χ2v) is 4.34. The van der Waals surface area contributed by atoms with E-state index in [0.29, 0.717) is 30.4 Å². The summed E-state index contributed by atoms with van der Waals surface area (Å²) in [4.78, 5) is 8.25. The molecule has 0 fully saturated rings. The van der Waals surface area contributed by atoms with E-state index in [1.807, 2.05) is 13.8 Å². The van der Waals surface area contributed by atoms with Gasteiger partial charge in [-0.2, -0.15) is 0 Å². The Morgan fingerprint density at radius 3 is 2.39 bits per heavy atom. The van der Waals surface area contributed by atoms with Crippen LogP contribution in [0.5, 0.6) is 5.75 Å². The van der Waals surface area contributed by atoms with Gasteiger partial charge in [-0.15, -0.1) is 0 Å². The van der Waals surface area contributed by atoms with Gasteiger partial charge in [-0.1, -0.05) is 6.92 Å². The Morgan fingerprint density at radius 2 is 1.89 bits per heavy atom. The third-order valence-corrected chi connectivity index (χ3v) is 2.75. The van der Waals surface area contributed by atoms with E-state index in [1.165, 1.54) is 6.33 Å². The van der Waals surface area contributed by atoms with Crippen LogP contribution in [-0.4, -0.2) is 40.9 Å². The first-order chi connectivity index (χ1) is 8.54. The molecule has 18 heavy (non-hydrogen) atoms. The smallest absolute Gasteiger partial charge is 0.204 e. The van der Waals surface area contributed by atoms with Crippen molar-refractivity contribution < 1.29 is 9.84 Å². The monoisotopic (exact) mass is 254 g/mol. The molecule has 0 spiro atoms. The average molecular weight is 254 g/mol. The zero-order chi connectivity index (χ0) is 13.6. The third-order valence-electron chi connectivity index (χ3n) is 2.75. The molecule has 102 valence electrons. The largest absolute Gasteiger partial charge is 0.490 e. The van der Waals surface area contributed by atoms with Gasteiger partial charge in [-0.25, -0.2) is 9.97 Å². The Morgan fingerprint density at radius 1 is 1.28 bits per heavy atom. The lowest BCUT2D eigenvalue weighted by Crippen LogP contribution is -2.32. The Balaban J connectivity index is 2.85. The molecule has 3 N–H and O–H groups in total. The standard InChI is InChI=1S/C12H22N4O2/c1-5-12(3,17)7-14-11-9(18-4)10(13-6-2)15-8-16-11/h8,17H,5-7H2,1-4H3,(H2,13,14,15,16). The fourth-order valence-electron chi connectivity index (χ4n) is 1.39. The molecule has 1 atom stereocenters. The minimum absolute atomic E-state index is 0.405. The summed E-state index contributed by atoms with van der Waals surface area (Å²) >= 11 is 0. The summed E-state index contributed by atoms with van der Waals surface area (Å²) < 4.78 is 5.30. The lowest BCUT2D eigenvalue weighted by Gasteiger charge is -2.22. The van der Waals surface area contributed by atoms with E-state index in [0.717, 1.165) is 6.54 Å². The van der Waals surface area contributed by atoms with E-state index in [9.17, 15) is 5.11 Å². The van der Waals surface area contributed by atoms with Crippen molar-refractivity contribution in [2.75, 3.05) is 30.8 Å². The number of hydrogen-bond acceptors (Lipinski definition) is 6. The van der Waals surface area contributed by atoms with E-state index < -0.39 is 5.60 Å². The van der Waals surface area contributed by atoms with Crippen LogP contribution in [0.1, 0.15) is 27.2 Å². The van der Waals surface area contributed by atoms with Gasteiger partial charge in [0.1, 0.15) is 6.33 Å². The zero-order valence-electron chi connectivity index (χ0n) is 11.4. The number of methoxy groups -OCH3 is 1. The Labute approximate surface area is 108 Å². The lowest BCUT2D eigenvalue weighted by molar-refractivity contribution is 0.0696. The summed E-state index contributed by atoms with van der Waals surface area (Å²) in [5.41, 5.74) is -0.770. The van der Waals surface area contributed by atoms with E-state index >= 15 is 0 Å². The highest BCUT2D eigenvalue weighted by atomic mass is 16.5. The molecule has 0 saturated heterocycles. The predicted molar refractivity (Wildman–Crippen MR) is 72.2 cm³/mol. The van der Waals surface area contributed by atoms with Crippen LogP contribution < -0.4 is 15.4 Å². The van der Waals surface area contributed by atoms with Gasteiger partial charge in [0.15, 0.2) is 11.6 Å². The minimum Gasteiger partial charge on any atom is -0.490 e. The highest BCUT2D eigenvalue weighted by Crippen LogP contribution is 2.29. The molecule has 6 heteroatoms. The van der Waals surface area contributed by atoms with Gasteiger partial charge in [0.05, 0.1) is 12.7 Å². The predicted octanol–water partition coefficient (Wildman–Crippen LogP) is 1.49. The highest BCUT2D eigenvalue weighted by molar-refractivity contribution is 5.63. The van der Waals surface area contributed by atoms with E-state index in [2.05, 4.69) is 20.6 Å². The highest BCUT2D eigenvalue weighted by Gasteiger charge is 2.19. The number of nitrogens with one attached hydrogen (secondary N) is 2. The molecule has 1 aromatic rings. The maximum absolute atomic E-state index is 9.96. The first-order valence-electron chi connectivity index (χ1n) is 6.13. The van der Waals surface area contributed by atoms with Gasteiger partial charge < -0.3 is 20.5 Å². The molecule has 1 aromatic heterocycles. The molecule has 1 heterocycles. The van der Waals surface area contributed by atoms with Crippen molar-refractivity contribution >= 4 is 11.6 Å². The number of nitrogens with zero attached hydrogens (tertiary/aromatic N) is 2. The van der Waals surface area contributed by atoms with Crippen LogP contribution in [0.4, 0.5) is 11.6 Å². The van der Waals surface area contributed by atoms with Crippen molar-refractivity contribution in [3.63, 3.8) is 0 Å². The van der Waals surface area contributed by atoms with Crippen LogP contribution in [0.2, 0.25) is 0 Å². The second-order valence-electron chi connectivity index (χ2n) is 4.34. The number of anilines is 2. The molecule has 0 radical (unpaired) electrons. The van der Waals surface area contributed by atoms with E-state index in [1.54, 1.807) is 14.0 Å². The van der Waals surface area contributed by atoms with Gasteiger partial charge in [0, 0.05) is 13.1 Å². The van der Waals surface area contributed by atoms with Gasteiger partial charge in [0.2, 0.25) is 5.75 Å². The van der Waals surface area contributed by atoms with Gasteiger partial charge in [-0.3, -0.25) is 0 Å². The Kier molecular flexibility index (Phi) is 5.15. The van der Waals surface area contributed by atoms with Crippen molar-refractivity contribution in [2.24, 2.45) is 0 Å².